The van der Waals surface area contributed by atoms with Crippen LogP contribution in [0, 0.1) is 0 Å². The maximum absolute atomic E-state index is 14.4. The molecular weight excluding hydrogens is 790 g/mol. The van der Waals surface area contributed by atoms with Gasteiger partial charge in [-0.3, -0.25) is 14.4 Å². The predicted molar refractivity (Wildman–Crippen MR) is 234 cm³/mol. The smallest absolute Gasteiger partial charge is 0.408 e. The Kier molecular flexibility index (Phi) is 13.4. The number of halogens is 2. The molecule has 58 heavy (non-hydrogen) atoms. The summed E-state index contributed by atoms with van der Waals surface area (Å²) < 4.78 is 4.82. The van der Waals surface area contributed by atoms with Crippen molar-refractivity contribution in [1.82, 2.24) is 5.32 Å². The zero-order chi connectivity index (χ0) is 41.3. The molecule has 11 heteroatoms. The highest BCUT2D eigenvalue weighted by atomic mass is 35.5. The molecule has 294 valence electrons. The van der Waals surface area contributed by atoms with Gasteiger partial charge in [0.15, 0.2) is 5.78 Å². The summed E-state index contributed by atoms with van der Waals surface area (Å²) >= 11 is 14.2. The number of nitrogens with one attached hydrogen (secondary N) is 3. The van der Waals surface area contributed by atoms with Gasteiger partial charge in [-0.2, -0.15) is 0 Å². The molecule has 3 amide bonds. The average molecular weight is 831 g/mol. The van der Waals surface area contributed by atoms with Crippen LogP contribution in [0.3, 0.4) is 0 Å². The Bertz CT molecular complexity index is 2280. The summed E-state index contributed by atoms with van der Waals surface area (Å²) in [6.45, 7) is 5.23. The molecule has 0 bridgehead atoms. The van der Waals surface area contributed by atoms with Crippen LogP contribution in [0.15, 0.2) is 158 Å². The minimum Gasteiger partial charge on any atom is -0.444 e. The van der Waals surface area contributed by atoms with E-state index in [2.05, 4.69) is 52.3 Å². The van der Waals surface area contributed by atoms with E-state index >= 15 is 0 Å². The first-order valence-electron chi connectivity index (χ1n) is 18.5. The SMILES string of the molecule is CC(C)(C)OC(=O)N[C@@H](CSC(c1ccccc1)(c1ccccc1)c1ccccc1)C(=O)Nc1ccc(NC(=O)c2c(Cl)cccc2Cl)c(C(=O)c2ccccc2)c1. The summed E-state index contributed by atoms with van der Waals surface area (Å²) in [4.78, 5) is 55.2. The summed E-state index contributed by atoms with van der Waals surface area (Å²) in [5, 5.41) is 8.78. The van der Waals surface area contributed by atoms with E-state index in [1.807, 2.05) is 54.6 Å². The van der Waals surface area contributed by atoms with E-state index in [-0.39, 0.29) is 38.3 Å². The summed E-state index contributed by atoms with van der Waals surface area (Å²) in [6.07, 6.45) is -0.769. The largest absolute Gasteiger partial charge is 0.444 e. The van der Waals surface area contributed by atoms with Crippen molar-refractivity contribution in [3.05, 3.63) is 201 Å². The average Bonchev–Trinajstić information content (AvgIpc) is 3.21. The van der Waals surface area contributed by atoms with E-state index < -0.39 is 40.1 Å². The molecule has 8 nitrogen and oxygen atoms in total. The molecular formula is C47H41Cl2N3O5S. The fraction of sp³-hybridized carbons (Fsp3) is 0.149. The summed E-state index contributed by atoms with van der Waals surface area (Å²) in [5.74, 6) is -1.48. The number of ketones is 1. The lowest BCUT2D eigenvalue weighted by molar-refractivity contribution is -0.117. The third-order valence-electron chi connectivity index (χ3n) is 9.02. The van der Waals surface area contributed by atoms with Crippen LogP contribution in [0.1, 0.15) is 63.7 Å². The highest BCUT2D eigenvalue weighted by molar-refractivity contribution is 8.00. The van der Waals surface area contributed by atoms with Crippen molar-refractivity contribution in [2.24, 2.45) is 0 Å². The second kappa shape index (κ2) is 18.6. The van der Waals surface area contributed by atoms with Crippen molar-refractivity contribution in [2.75, 3.05) is 16.4 Å². The molecule has 0 spiro atoms. The van der Waals surface area contributed by atoms with Crippen LogP contribution in [0.2, 0.25) is 10.0 Å². The van der Waals surface area contributed by atoms with Crippen molar-refractivity contribution in [1.29, 1.82) is 0 Å². The zero-order valence-corrected chi connectivity index (χ0v) is 34.3. The number of hydrogen-bond acceptors (Lipinski definition) is 6. The lowest BCUT2D eigenvalue weighted by atomic mass is 9.84. The molecule has 0 saturated carbocycles. The first-order valence-corrected chi connectivity index (χ1v) is 20.2. The van der Waals surface area contributed by atoms with Crippen molar-refractivity contribution in [3.63, 3.8) is 0 Å². The maximum atomic E-state index is 14.4. The molecule has 0 fully saturated rings. The first kappa shape index (κ1) is 41.8. The Hall–Kier alpha value is -5.87. The molecule has 0 aromatic heterocycles. The van der Waals surface area contributed by atoms with Crippen molar-refractivity contribution in [2.45, 2.75) is 37.2 Å². The lowest BCUT2D eigenvalue weighted by Gasteiger charge is -2.36. The van der Waals surface area contributed by atoms with Crippen molar-refractivity contribution in [3.8, 4) is 0 Å². The van der Waals surface area contributed by atoms with Gasteiger partial charge >= 0.3 is 6.09 Å². The summed E-state index contributed by atoms with van der Waals surface area (Å²) in [6, 6.07) is 46.7. The maximum Gasteiger partial charge on any atom is 0.408 e. The number of rotatable bonds is 13. The molecule has 1 atom stereocenters. The molecule has 0 heterocycles. The minimum absolute atomic E-state index is 0.0486. The Morgan fingerprint density at radius 1 is 0.638 bits per heavy atom. The highest BCUT2D eigenvalue weighted by Crippen LogP contribution is 2.48. The number of amides is 3. The number of benzene rings is 6. The minimum atomic E-state index is -1.12. The summed E-state index contributed by atoms with van der Waals surface area (Å²) in [7, 11) is 0. The molecule has 6 aromatic rings. The van der Waals surface area contributed by atoms with Crippen LogP contribution in [0.4, 0.5) is 16.2 Å². The van der Waals surface area contributed by atoms with E-state index in [9.17, 15) is 19.2 Å². The first-order chi connectivity index (χ1) is 27.9. The monoisotopic (exact) mass is 829 g/mol. The van der Waals surface area contributed by atoms with Crippen LogP contribution >= 0.6 is 35.0 Å². The number of carbonyl (C=O) groups excluding carboxylic acids is 4. The Labute approximate surface area is 352 Å². The van der Waals surface area contributed by atoms with Gasteiger partial charge in [-0.05, 0) is 67.8 Å². The molecule has 3 N–H and O–H groups in total. The molecule has 0 saturated heterocycles. The van der Waals surface area contributed by atoms with Crippen LogP contribution in [-0.4, -0.2) is 41.1 Å². The molecule has 6 aromatic carbocycles. The van der Waals surface area contributed by atoms with Crippen LogP contribution < -0.4 is 16.0 Å². The van der Waals surface area contributed by atoms with Gasteiger partial charge in [0.2, 0.25) is 5.91 Å². The fourth-order valence-corrected chi connectivity index (χ4v) is 8.53. The van der Waals surface area contributed by atoms with Crippen LogP contribution in [-0.2, 0) is 14.3 Å². The third kappa shape index (κ3) is 9.98. The van der Waals surface area contributed by atoms with E-state index in [4.69, 9.17) is 27.9 Å². The standard InChI is InChI=1S/C47H41Cl2N3O5S/c1-46(2,3)57-45(56)52-40(30-58-47(32-19-10-5-11-20-32,33-21-12-6-13-22-33)34-23-14-7-15-24-34)43(54)50-35-27-28-39(36(29-35)42(53)31-17-8-4-9-18-31)51-44(55)41-37(48)25-16-26-38(41)49/h4-29,40H,30H2,1-3H3,(H,50,54)(H,51,55)(H,52,56)/t40-/m0/s1. The number of alkyl carbamates (subject to hydrolysis) is 1. The Balaban J connectivity index is 1.37. The van der Waals surface area contributed by atoms with E-state index in [0.29, 0.717) is 5.56 Å². The van der Waals surface area contributed by atoms with Gasteiger partial charge in [0, 0.05) is 22.6 Å². The van der Waals surface area contributed by atoms with E-state index in [1.54, 1.807) is 75.4 Å². The molecule has 0 aliphatic rings. The van der Waals surface area contributed by atoms with Gasteiger partial charge in [0.25, 0.3) is 5.91 Å². The topological polar surface area (TPSA) is 114 Å². The van der Waals surface area contributed by atoms with Crippen LogP contribution in [0.5, 0.6) is 0 Å². The molecule has 0 aliphatic heterocycles. The molecule has 6 rings (SSSR count). The van der Waals surface area contributed by atoms with E-state index in [1.165, 1.54) is 23.9 Å². The zero-order valence-electron chi connectivity index (χ0n) is 32.0. The van der Waals surface area contributed by atoms with Crippen LogP contribution in [0.25, 0.3) is 0 Å². The fourth-order valence-electron chi connectivity index (χ4n) is 6.40. The van der Waals surface area contributed by atoms with Gasteiger partial charge in [-0.1, -0.05) is 151 Å². The van der Waals surface area contributed by atoms with Gasteiger partial charge in [-0.15, -0.1) is 11.8 Å². The molecule has 0 aliphatic carbocycles. The quantitative estimate of drug-likeness (QED) is 0.0789. The number of hydrogen-bond donors (Lipinski definition) is 3. The van der Waals surface area contributed by atoms with Gasteiger partial charge < -0.3 is 20.7 Å². The van der Waals surface area contributed by atoms with Crippen molar-refractivity contribution < 1.29 is 23.9 Å². The van der Waals surface area contributed by atoms with E-state index in [0.717, 1.165) is 16.7 Å². The lowest BCUT2D eigenvalue weighted by Crippen LogP contribution is -2.48. The number of thioether (sulfide) groups is 1. The number of ether oxygens (including phenoxy) is 1. The second-order valence-electron chi connectivity index (χ2n) is 14.3. The van der Waals surface area contributed by atoms with Crippen molar-refractivity contribution >= 4 is 70.0 Å². The number of anilines is 2. The second-order valence-corrected chi connectivity index (χ2v) is 16.3. The normalized spacial score (nSPS) is 11.9. The van der Waals surface area contributed by atoms with Gasteiger partial charge in [0.1, 0.15) is 11.6 Å². The third-order valence-corrected chi connectivity index (χ3v) is 11.3. The van der Waals surface area contributed by atoms with Gasteiger partial charge in [0.05, 0.1) is 26.0 Å². The number of carbonyl (C=O) groups is 4. The Morgan fingerprint density at radius 3 is 1.64 bits per heavy atom. The van der Waals surface area contributed by atoms with Gasteiger partial charge in [-0.25, -0.2) is 4.79 Å². The summed E-state index contributed by atoms with van der Waals surface area (Å²) in [5.41, 5.74) is 3.04. The molecule has 0 radical (unpaired) electrons. The highest BCUT2D eigenvalue weighted by Gasteiger charge is 2.39. The predicted octanol–water partition coefficient (Wildman–Crippen LogP) is 11.0. The Morgan fingerprint density at radius 2 is 1.14 bits per heavy atom. The molecule has 0 unspecified atom stereocenters.